The predicted octanol–water partition coefficient (Wildman–Crippen LogP) is -0.266. The van der Waals surface area contributed by atoms with Gasteiger partial charge in [-0.2, -0.15) is 5.10 Å². The number of aromatic nitrogens is 2. The van der Waals surface area contributed by atoms with Gasteiger partial charge in [0.2, 0.25) is 0 Å². The molecular weight excluding hydrogens is 238 g/mol. The fourth-order valence-corrected chi connectivity index (χ4v) is 1.97. The summed E-state index contributed by atoms with van der Waals surface area (Å²) in [4.78, 5) is 24.6. The van der Waals surface area contributed by atoms with Gasteiger partial charge in [0.05, 0.1) is 24.4 Å². The SMILES string of the molecule is C[C@@H]1CN(C(=O)c2cnn(C)c2)CC(C(=O)O)O1. The van der Waals surface area contributed by atoms with Gasteiger partial charge < -0.3 is 14.7 Å². The first-order chi connectivity index (χ1) is 8.47. The molecule has 2 rings (SSSR count). The Hall–Kier alpha value is -1.89. The van der Waals surface area contributed by atoms with Crippen molar-refractivity contribution in [3.8, 4) is 0 Å². The van der Waals surface area contributed by atoms with E-state index in [2.05, 4.69) is 5.10 Å². The summed E-state index contributed by atoms with van der Waals surface area (Å²) in [5.41, 5.74) is 0.454. The highest BCUT2D eigenvalue weighted by atomic mass is 16.5. The highest BCUT2D eigenvalue weighted by molar-refractivity contribution is 5.94. The van der Waals surface area contributed by atoms with Gasteiger partial charge in [0, 0.05) is 19.8 Å². The van der Waals surface area contributed by atoms with Crippen LogP contribution in [0.25, 0.3) is 0 Å². The van der Waals surface area contributed by atoms with Crippen LogP contribution in [-0.4, -0.2) is 57.0 Å². The Bertz CT molecular complexity index is 471. The van der Waals surface area contributed by atoms with Crippen molar-refractivity contribution in [2.45, 2.75) is 19.1 Å². The number of hydrogen-bond acceptors (Lipinski definition) is 4. The number of ether oxygens (including phenoxy) is 1. The molecule has 1 aromatic heterocycles. The van der Waals surface area contributed by atoms with Gasteiger partial charge in [0.15, 0.2) is 6.10 Å². The van der Waals surface area contributed by atoms with E-state index in [1.54, 1.807) is 20.2 Å². The molecule has 1 unspecified atom stereocenters. The van der Waals surface area contributed by atoms with Gasteiger partial charge in [-0.3, -0.25) is 9.48 Å². The highest BCUT2D eigenvalue weighted by Gasteiger charge is 2.33. The average Bonchev–Trinajstić information content (AvgIpc) is 2.74. The third-order valence-electron chi connectivity index (χ3n) is 2.77. The molecule has 1 aromatic rings. The fourth-order valence-electron chi connectivity index (χ4n) is 1.97. The van der Waals surface area contributed by atoms with E-state index in [0.29, 0.717) is 12.1 Å². The summed E-state index contributed by atoms with van der Waals surface area (Å²) in [6, 6.07) is 0. The number of aryl methyl sites for hydroxylation is 1. The quantitative estimate of drug-likeness (QED) is 0.784. The van der Waals surface area contributed by atoms with Crippen LogP contribution < -0.4 is 0 Å². The van der Waals surface area contributed by atoms with Gasteiger partial charge in [0.1, 0.15) is 0 Å². The van der Waals surface area contributed by atoms with Crippen molar-refractivity contribution in [3.05, 3.63) is 18.0 Å². The summed E-state index contributed by atoms with van der Waals surface area (Å²) in [6.07, 6.45) is 1.83. The Labute approximate surface area is 104 Å². The maximum Gasteiger partial charge on any atom is 0.334 e. The molecule has 7 nitrogen and oxygen atoms in total. The third kappa shape index (κ3) is 2.51. The van der Waals surface area contributed by atoms with E-state index in [4.69, 9.17) is 9.84 Å². The number of nitrogens with zero attached hydrogens (tertiary/aromatic N) is 3. The van der Waals surface area contributed by atoms with Crippen molar-refractivity contribution in [2.75, 3.05) is 13.1 Å². The molecule has 0 radical (unpaired) electrons. The van der Waals surface area contributed by atoms with Crippen LogP contribution in [0.5, 0.6) is 0 Å². The van der Waals surface area contributed by atoms with Crippen molar-refractivity contribution >= 4 is 11.9 Å². The van der Waals surface area contributed by atoms with Gasteiger partial charge >= 0.3 is 5.97 Å². The Kier molecular flexibility index (Phi) is 3.33. The van der Waals surface area contributed by atoms with E-state index < -0.39 is 12.1 Å². The van der Waals surface area contributed by atoms with Crippen molar-refractivity contribution in [3.63, 3.8) is 0 Å². The zero-order chi connectivity index (χ0) is 13.3. The smallest absolute Gasteiger partial charge is 0.334 e. The number of carbonyl (C=O) groups excluding carboxylic acids is 1. The highest BCUT2D eigenvalue weighted by Crippen LogP contribution is 2.14. The Balaban J connectivity index is 2.12. The minimum absolute atomic E-state index is 0.0629. The van der Waals surface area contributed by atoms with Gasteiger partial charge in [-0.15, -0.1) is 0 Å². The summed E-state index contributed by atoms with van der Waals surface area (Å²) in [7, 11) is 1.72. The number of hydrogen-bond donors (Lipinski definition) is 1. The molecule has 1 fully saturated rings. The second kappa shape index (κ2) is 4.77. The van der Waals surface area contributed by atoms with Gasteiger partial charge in [-0.1, -0.05) is 0 Å². The lowest BCUT2D eigenvalue weighted by Gasteiger charge is -2.34. The van der Waals surface area contributed by atoms with Crippen LogP contribution in [0.2, 0.25) is 0 Å². The molecule has 2 heterocycles. The standard InChI is InChI=1S/C11H15N3O4/c1-7-4-14(6-9(18-7)11(16)17)10(15)8-3-12-13(2)5-8/h3,5,7,9H,4,6H2,1-2H3,(H,16,17)/t7-,9?/m1/s1. The number of aliphatic carboxylic acids is 1. The second-order valence-corrected chi connectivity index (χ2v) is 4.39. The molecule has 1 aliphatic heterocycles. The molecule has 1 aliphatic rings. The van der Waals surface area contributed by atoms with E-state index >= 15 is 0 Å². The minimum atomic E-state index is -1.05. The molecule has 0 saturated carbocycles. The molecule has 0 aromatic carbocycles. The molecule has 18 heavy (non-hydrogen) atoms. The maximum absolute atomic E-state index is 12.2. The lowest BCUT2D eigenvalue weighted by molar-refractivity contribution is -0.160. The van der Waals surface area contributed by atoms with Crippen LogP contribution in [0.15, 0.2) is 12.4 Å². The fraction of sp³-hybridized carbons (Fsp3) is 0.545. The number of carboxylic acid groups (broad SMARTS) is 1. The summed E-state index contributed by atoms with van der Waals surface area (Å²) in [5, 5.41) is 12.9. The van der Waals surface area contributed by atoms with Crippen molar-refractivity contribution in [1.29, 1.82) is 0 Å². The number of carboxylic acids is 1. The summed E-state index contributed by atoms with van der Waals surface area (Å²) in [6.45, 7) is 2.20. The van der Waals surface area contributed by atoms with Crippen LogP contribution in [-0.2, 0) is 16.6 Å². The van der Waals surface area contributed by atoms with Crippen LogP contribution >= 0.6 is 0 Å². The second-order valence-electron chi connectivity index (χ2n) is 4.39. The third-order valence-corrected chi connectivity index (χ3v) is 2.77. The lowest BCUT2D eigenvalue weighted by Crippen LogP contribution is -2.51. The van der Waals surface area contributed by atoms with Crippen molar-refractivity contribution in [1.82, 2.24) is 14.7 Å². The molecule has 1 N–H and O–H groups in total. The Morgan fingerprint density at radius 2 is 2.22 bits per heavy atom. The van der Waals surface area contributed by atoms with E-state index in [9.17, 15) is 9.59 Å². The Morgan fingerprint density at radius 3 is 2.78 bits per heavy atom. The van der Waals surface area contributed by atoms with Crippen LogP contribution in [0.4, 0.5) is 0 Å². The van der Waals surface area contributed by atoms with Gasteiger partial charge in [-0.25, -0.2) is 4.79 Å². The molecular formula is C11H15N3O4. The van der Waals surface area contributed by atoms with Gasteiger partial charge in [-0.05, 0) is 6.92 Å². The van der Waals surface area contributed by atoms with E-state index in [0.717, 1.165) is 0 Å². The first kappa shape index (κ1) is 12.6. The molecule has 2 atom stereocenters. The predicted molar refractivity (Wildman–Crippen MR) is 61.1 cm³/mol. The first-order valence-electron chi connectivity index (χ1n) is 5.63. The number of amides is 1. The topological polar surface area (TPSA) is 84.7 Å². The Morgan fingerprint density at radius 1 is 1.50 bits per heavy atom. The average molecular weight is 253 g/mol. The van der Waals surface area contributed by atoms with Crippen molar-refractivity contribution in [2.24, 2.45) is 7.05 Å². The number of carbonyl (C=O) groups is 2. The van der Waals surface area contributed by atoms with Crippen molar-refractivity contribution < 1.29 is 19.4 Å². The first-order valence-corrected chi connectivity index (χ1v) is 5.63. The minimum Gasteiger partial charge on any atom is -0.479 e. The molecule has 0 spiro atoms. The summed E-state index contributed by atoms with van der Waals surface area (Å²) >= 11 is 0. The summed E-state index contributed by atoms with van der Waals surface area (Å²) in [5.74, 6) is -1.27. The molecule has 1 saturated heterocycles. The molecule has 7 heteroatoms. The van der Waals surface area contributed by atoms with E-state index in [1.165, 1.54) is 15.8 Å². The molecule has 98 valence electrons. The number of morpholine rings is 1. The van der Waals surface area contributed by atoms with Gasteiger partial charge in [0.25, 0.3) is 5.91 Å². The normalized spacial score (nSPS) is 24.0. The van der Waals surface area contributed by atoms with E-state index in [1.807, 2.05) is 0 Å². The zero-order valence-electron chi connectivity index (χ0n) is 10.2. The van der Waals surface area contributed by atoms with Crippen LogP contribution in [0.1, 0.15) is 17.3 Å². The molecule has 0 bridgehead atoms. The zero-order valence-corrected chi connectivity index (χ0v) is 10.2. The monoisotopic (exact) mass is 253 g/mol. The molecule has 1 amide bonds. The van der Waals surface area contributed by atoms with Crippen LogP contribution in [0.3, 0.4) is 0 Å². The summed E-state index contributed by atoms with van der Waals surface area (Å²) < 4.78 is 6.79. The van der Waals surface area contributed by atoms with Crippen LogP contribution in [0, 0.1) is 0 Å². The largest absolute Gasteiger partial charge is 0.479 e. The molecule has 0 aliphatic carbocycles. The maximum atomic E-state index is 12.2. The number of rotatable bonds is 2. The van der Waals surface area contributed by atoms with E-state index in [-0.39, 0.29) is 18.6 Å². The lowest BCUT2D eigenvalue weighted by atomic mass is 10.2.